The van der Waals surface area contributed by atoms with Gasteiger partial charge < -0.3 is 14.2 Å². The predicted molar refractivity (Wildman–Crippen MR) is 55.3 cm³/mol. The molecule has 86 valence electrons. The molecular weight excluding hydrogens is 196 g/mol. The average molecular weight is 214 g/mol. The Balaban J connectivity index is 2.29. The largest absolute Gasteiger partial charge is 0.463 e. The van der Waals surface area contributed by atoms with Crippen molar-refractivity contribution in [1.82, 2.24) is 0 Å². The summed E-state index contributed by atoms with van der Waals surface area (Å²) in [5.41, 5.74) is 0.758. The van der Waals surface area contributed by atoms with E-state index in [9.17, 15) is 4.79 Å². The van der Waals surface area contributed by atoms with E-state index in [0.29, 0.717) is 19.8 Å². The van der Waals surface area contributed by atoms with Crippen molar-refractivity contribution >= 4 is 5.97 Å². The molecule has 0 amide bonds. The zero-order valence-corrected chi connectivity index (χ0v) is 9.32. The van der Waals surface area contributed by atoms with Gasteiger partial charge in [0.1, 0.15) is 0 Å². The Morgan fingerprint density at radius 3 is 2.73 bits per heavy atom. The molecule has 1 rings (SSSR count). The maximum absolute atomic E-state index is 11.3. The fourth-order valence-corrected chi connectivity index (χ4v) is 1.23. The molecule has 0 aromatic rings. The standard InChI is InChI=1S/C11H18O4/c1-3-4-5-13-10(12)8-9(2)11-14-6-7-15-11/h8,11H,3-7H2,1-2H3. The van der Waals surface area contributed by atoms with Crippen LogP contribution in [0.5, 0.6) is 0 Å². The highest BCUT2D eigenvalue weighted by Gasteiger charge is 2.18. The van der Waals surface area contributed by atoms with Crippen molar-refractivity contribution < 1.29 is 19.0 Å². The van der Waals surface area contributed by atoms with Gasteiger partial charge in [-0.05, 0) is 18.9 Å². The van der Waals surface area contributed by atoms with Crippen LogP contribution in [0.15, 0.2) is 11.6 Å². The molecule has 0 N–H and O–H groups in total. The van der Waals surface area contributed by atoms with Crippen molar-refractivity contribution in [3.8, 4) is 0 Å². The molecule has 0 bridgehead atoms. The van der Waals surface area contributed by atoms with Crippen LogP contribution in [0.2, 0.25) is 0 Å². The molecule has 0 aromatic heterocycles. The highest BCUT2D eigenvalue weighted by Crippen LogP contribution is 2.13. The fourth-order valence-electron chi connectivity index (χ4n) is 1.23. The van der Waals surface area contributed by atoms with Crippen LogP contribution in [0.25, 0.3) is 0 Å². The third kappa shape index (κ3) is 4.44. The lowest BCUT2D eigenvalue weighted by Gasteiger charge is -2.08. The van der Waals surface area contributed by atoms with Crippen LogP contribution >= 0.6 is 0 Å². The van der Waals surface area contributed by atoms with Crippen LogP contribution in [0.4, 0.5) is 0 Å². The van der Waals surface area contributed by atoms with E-state index in [1.807, 2.05) is 0 Å². The second-order valence-corrected chi connectivity index (χ2v) is 3.48. The van der Waals surface area contributed by atoms with E-state index in [1.165, 1.54) is 6.08 Å². The summed E-state index contributed by atoms with van der Waals surface area (Å²) >= 11 is 0. The van der Waals surface area contributed by atoms with Gasteiger partial charge in [0.2, 0.25) is 0 Å². The summed E-state index contributed by atoms with van der Waals surface area (Å²) in [7, 11) is 0. The third-order valence-electron chi connectivity index (χ3n) is 2.08. The molecule has 15 heavy (non-hydrogen) atoms. The topological polar surface area (TPSA) is 44.8 Å². The van der Waals surface area contributed by atoms with Gasteiger partial charge in [0.05, 0.1) is 19.8 Å². The third-order valence-corrected chi connectivity index (χ3v) is 2.08. The van der Waals surface area contributed by atoms with Gasteiger partial charge in [-0.1, -0.05) is 13.3 Å². The highest BCUT2D eigenvalue weighted by atomic mass is 16.7. The summed E-state index contributed by atoms with van der Waals surface area (Å²) in [6.07, 6.45) is 2.98. The summed E-state index contributed by atoms with van der Waals surface area (Å²) < 4.78 is 15.5. The van der Waals surface area contributed by atoms with Crippen LogP contribution in [-0.2, 0) is 19.0 Å². The van der Waals surface area contributed by atoms with Crippen molar-refractivity contribution in [3.05, 3.63) is 11.6 Å². The molecule has 0 unspecified atom stereocenters. The lowest BCUT2D eigenvalue weighted by Crippen LogP contribution is -2.12. The molecule has 0 radical (unpaired) electrons. The van der Waals surface area contributed by atoms with Gasteiger partial charge in [-0.15, -0.1) is 0 Å². The minimum atomic E-state index is -0.372. The molecule has 4 heteroatoms. The molecule has 1 aliphatic rings. The van der Waals surface area contributed by atoms with E-state index >= 15 is 0 Å². The van der Waals surface area contributed by atoms with Crippen LogP contribution in [0.1, 0.15) is 26.7 Å². The van der Waals surface area contributed by atoms with Gasteiger partial charge in [-0.2, -0.15) is 0 Å². The molecular formula is C11H18O4. The first-order valence-corrected chi connectivity index (χ1v) is 5.32. The van der Waals surface area contributed by atoms with E-state index in [-0.39, 0.29) is 12.3 Å². The first kappa shape index (κ1) is 12.2. The Kier molecular flexibility index (Phi) is 5.36. The summed E-state index contributed by atoms with van der Waals surface area (Å²) in [6, 6.07) is 0. The van der Waals surface area contributed by atoms with Crippen LogP contribution in [0.3, 0.4) is 0 Å². The summed E-state index contributed by atoms with van der Waals surface area (Å²) in [5, 5.41) is 0. The van der Waals surface area contributed by atoms with Crippen molar-refractivity contribution in [2.24, 2.45) is 0 Å². The Morgan fingerprint density at radius 1 is 1.47 bits per heavy atom. The zero-order chi connectivity index (χ0) is 11.1. The quantitative estimate of drug-likeness (QED) is 0.396. The van der Waals surface area contributed by atoms with Gasteiger partial charge >= 0.3 is 5.97 Å². The lowest BCUT2D eigenvalue weighted by molar-refractivity contribution is -0.138. The van der Waals surface area contributed by atoms with Gasteiger partial charge in [0.15, 0.2) is 6.29 Å². The zero-order valence-electron chi connectivity index (χ0n) is 9.32. The summed E-state index contributed by atoms with van der Waals surface area (Å²) in [4.78, 5) is 11.3. The number of esters is 1. The number of carbonyl (C=O) groups excluding carboxylic acids is 1. The number of carbonyl (C=O) groups is 1. The number of unbranched alkanes of at least 4 members (excludes halogenated alkanes) is 1. The Hall–Kier alpha value is -0.870. The first-order chi connectivity index (χ1) is 7.24. The van der Waals surface area contributed by atoms with Gasteiger partial charge in [0, 0.05) is 6.08 Å². The van der Waals surface area contributed by atoms with E-state index in [0.717, 1.165) is 18.4 Å². The van der Waals surface area contributed by atoms with Crippen molar-refractivity contribution in [2.75, 3.05) is 19.8 Å². The monoisotopic (exact) mass is 214 g/mol. The smallest absolute Gasteiger partial charge is 0.330 e. The Bertz CT molecular complexity index is 229. The average Bonchev–Trinajstić information content (AvgIpc) is 2.70. The lowest BCUT2D eigenvalue weighted by atomic mass is 10.3. The Labute approximate surface area is 90.2 Å². The normalized spacial score (nSPS) is 18.1. The molecule has 1 heterocycles. The number of rotatable bonds is 5. The summed E-state index contributed by atoms with van der Waals surface area (Å²) in [6.45, 7) is 5.50. The highest BCUT2D eigenvalue weighted by molar-refractivity contribution is 5.82. The molecule has 0 aromatic carbocycles. The fraction of sp³-hybridized carbons (Fsp3) is 0.727. The molecule has 1 fully saturated rings. The molecule has 0 saturated carbocycles. The van der Waals surface area contributed by atoms with Gasteiger partial charge in [0.25, 0.3) is 0 Å². The first-order valence-electron chi connectivity index (χ1n) is 5.32. The molecule has 0 atom stereocenters. The number of hydrogen-bond donors (Lipinski definition) is 0. The minimum Gasteiger partial charge on any atom is -0.463 e. The molecule has 4 nitrogen and oxygen atoms in total. The Morgan fingerprint density at radius 2 is 2.13 bits per heavy atom. The van der Waals surface area contributed by atoms with E-state index in [1.54, 1.807) is 6.92 Å². The molecule has 1 aliphatic heterocycles. The molecule has 0 spiro atoms. The second-order valence-electron chi connectivity index (χ2n) is 3.48. The second kappa shape index (κ2) is 6.58. The van der Waals surface area contributed by atoms with E-state index in [2.05, 4.69) is 6.92 Å². The van der Waals surface area contributed by atoms with Crippen molar-refractivity contribution in [3.63, 3.8) is 0 Å². The predicted octanol–water partition coefficient (Wildman–Crippen LogP) is 1.65. The number of hydrogen-bond acceptors (Lipinski definition) is 4. The van der Waals surface area contributed by atoms with E-state index in [4.69, 9.17) is 14.2 Å². The minimum absolute atomic E-state index is 0.319. The van der Waals surface area contributed by atoms with Gasteiger partial charge in [-0.25, -0.2) is 4.79 Å². The van der Waals surface area contributed by atoms with Gasteiger partial charge in [-0.3, -0.25) is 0 Å². The van der Waals surface area contributed by atoms with Crippen LogP contribution in [0, 0.1) is 0 Å². The van der Waals surface area contributed by atoms with Crippen molar-refractivity contribution in [1.29, 1.82) is 0 Å². The maximum Gasteiger partial charge on any atom is 0.330 e. The van der Waals surface area contributed by atoms with E-state index < -0.39 is 0 Å². The summed E-state index contributed by atoms with van der Waals surface area (Å²) in [5.74, 6) is -0.319. The van der Waals surface area contributed by atoms with Crippen LogP contribution in [-0.4, -0.2) is 32.1 Å². The SMILES string of the molecule is CCCCOC(=O)C=C(C)C1OCCO1. The number of ether oxygens (including phenoxy) is 3. The molecule has 0 aliphatic carbocycles. The maximum atomic E-state index is 11.3. The van der Waals surface area contributed by atoms with Crippen molar-refractivity contribution in [2.45, 2.75) is 33.0 Å². The molecule has 1 saturated heterocycles. The van der Waals surface area contributed by atoms with Crippen LogP contribution < -0.4 is 0 Å².